The molecule has 1 fully saturated rings. The molecule has 1 saturated heterocycles. The molecule has 1 aliphatic rings. The van der Waals surface area contributed by atoms with Crippen molar-refractivity contribution >= 4 is 26.0 Å². The highest BCUT2D eigenvalue weighted by Gasteiger charge is 2.31. The number of sulfonamides is 1. The van der Waals surface area contributed by atoms with Crippen molar-refractivity contribution in [2.45, 2.75) is 17.9 Å². The van der Waals surface area contributed by atoms with Crippen LogP contribution in [0.15, 0.2) is 23.1 Å². The van der Waals surface area contributed by atoms with Gasteiger partial charge in [-0.05, 0) is 24.6 Å². The summed E-state index contributed by atoms with van der Waals surface area (Å²) >= 11 is 3.28. The third kappa shape index (κ3) is 3.16. The molecule has 1 unspecified atom stereocenters. The zero-order valence-electron chi connectivity index (χ0n) is 10.5. The van der Waals surface area contributed by atoms with Gasteiger partial charge in [-0.25, -0.2) is 12.8 Å². The van der Waals surface area contributed by atoms with E-state index in [4.69, 9.17) is 4.74 Å². The highest BCUT2D eigenvalue weighted by atomic mass is 79.9. The Kier molecular flexibility index (Phi) is 4.60. The van der Waals surface area contributed by atoms with Crippen molar-refractivity contribution in [1.29, 1.82) is 0 Å². The van der Waals surface area contributed by atoms with Crippen LogP contribution in [0.2, 0.25) is 0 Å². The first-order valence-electron chi connectivity index (χ1n) is 5.89. The Balaban J connectivity index is 2.34. The van der Waals surface area contributed by atoms with Crippen molar-refractivity contribution in [2.75, 3.05) is 25.0 Å². The van der Waals surface area contributed by atoms with Crippen LogP contribution in [0.3, 0.4) is 0 Å². The smallest absolute Gasteiger partial charge is 0.243 e. The van der Waals surface area contributed by atoms with Crippen LogP contribution >= 0.6 is 15.9 Å². The standard InChI is InChI=1S/C12H15BrFNO3S/c1-9-2-3-10(14)6-12(9)19(16,17)15-4-5-18-11(7-13)8-15/h2-3,6,11H,4-5,7-8H2,1H3. The fraction of sp³-hybridized carbons (Fsp3) is 0.500. The summed E-state index contributed by atoms with van der Waals surface area (Å²) in [5.74, 6) is -0.547. The van der Waals surface area contributed by atoms with Gasteiger partial charge in [0.2, 0.25) is 10.0 Å². The Morgan fingerprint density at radius 2 is 2.26 bits per heavy atom. The molecule has 19 heavy (non-hydrogen) atoms. The molecule has 2 rings (SSSR count). The zero-order chi connectivity index (χ0) is 14.0. The Labute approximate surface area is 120 Å². The molecule has 1 aromatic carbocycles. The van der Waals surface area contributed by atoms with Crippen LogP contribution in [0.25, 0.3) is 0 Å². The minimum Gasteiger partial charge on any atom is -0.375 e. The Bertz CT molecular complexity index is 564. The number of halogens is 2. The van der Waals surface area contributed by atoms with Crippen molar-refractivity contribution in [3.05, 3.63) is 29.6 Å². The van der Waals surface area contributed by atoms with Gasteiger partial charge in [0.1, 0.15) is 5.82 Å². The second-order valence-corrected chi connectivity index (χ2v) is 6.97. The fourth-order valence-electron chi connectivity index (χ4n) is 1.99. The van der Waals surface area contributed by atoms with Gasteiger partial charge in [-0.1, -0.05) is 22.0 Å². The van der Waals surface area contributed by atoms with Crippen molar-refractivity contribution < 1.29 is 17.5 Å². The molecule has 0 saturated carbocycles. The molecule has 0 amide bonds. The van der Waals surface area contributed by atoms with Gasteiger partial charge in [0, 0.05) is 18.4 Å². The predicted octanol–water partition coefficient (Wildman–Crippen LogP) is 1.92. The Hall–Kier alpha value is -0.500. The van der Waals surface area contributed by atoms with Crippen LogP contribution in [0.4, 0.5) is 4.39 Å². The molecule has 0 spiro atoms. The van der Waals surface area contributed by atoms with E-state index in [0.717, 1.165) is 6.07 Å². The van der Waals surface area contributed by atoms with Crippen molar-refractivity contribution in [2.24, 2.45) is 0 Å². The van der Waals surface area contributed by atoms with Crippen LogP contribution in [0.5, 0.6) is 0 Å². The third-order valence-corrected chi connectivity index (χ3v) is 5.77. The average Bonchev–Trinajstić information content (AvgIpc) is 2.41. The molecule has 1 aromatic rings. The van der Waals surface area contributed by atoms with E-state index in [-0.39, 0.29) is 17.5 Å². The van der Waals surface area contributed by atoms with Crippen LogP contribution in [-0.2, 0) is 14.8 Å². The molecule has 0 radical (unpaired) electrons. The molecule has 1 heterocycles. The number of ether oxygens (including phenoxy) is 1. The molecule has 0 N–H and O–H groups in total. The van der Waals surface area contributed by atoms with Crippen molar-refractivity contribution in [1.82, 2.24) is 4.31 Å². The third-order valence-electron chi connectivity index (χ3n) is 3.04. The SMILES string of the molecule is Cc1ccc(F)cc1S(=O)(=O)N1CCOC(CBr)C1. The van der Waals surface area contributed by atoms with Crippen LogP contribution < -0.4 is 0 Å². The van der Waals surface area contributed by atoms with Gasteiger partial charge in [-0.15, -0.1) is 0 Å². The second-order valence-electron chi connectivity index (χ2n) is 4.42. The van der Waals surface area contributed by atoms with Crippen molar-refractivity contribution in [3.63, 3.8) is 0 Å². The molecule has 4 nitrogen and oxygen atoms in total. The lowest BCUT2D eigenvalue weighted by molar-refractivity contribution is 0.0136. The van der Waals surface area contributed by atoms with E-state index in [0.29, 0.717) is 24.0 Å². The first-order chi connectivity index (χ1) is 8.95. The number of benzene rings is 1. The number of rotatable bonds is 3. The van der Waals surface area contributed by atoms with E-state index >= 15 is 0 Å². The highest BCUT2D eigenvalue weighted by Crippen LogP contribution is 2.23. The number of hydrogen-bond acceptors (Lipinski definition) is 3. The summed E-state index contributed by atoms with van der Waals surface area (Å²) in [6, 6.07) is 3.81. The summed E-state index contributed by atoms with van der Waals surface area (Å²) in [7, 11) is -3.67. The van der Waals surface area contributed by atoms with Crippen LogP contribution in [-0.4, -0.2) is 43.9 Å². The summed E-state index contributed by atoms with van der Waals surface area (Å²) in [5, 5.41) is 0.571. The summed E-state index contributed by atoms with van der Waals surface area (Å²) in [6.07, 6.45) is -0.169. The van der Waals surface area contributed by atoms with E-state index < -0.39 is 15.8 Å². The van der Waals surface area contributed by atoms with Crippen LogP contribution in [0, 0.1) is 12.7 Å². The molecule has 0 aromatic heterocycles. The molecule has 1 aliphatic heterocycles. The molecule has 0 aliphatic carbocycles. The number of nitrogens with zero attached hydrogens (tertiary/aromatic N) is 1. The van der Waals surface area contributed by atoms with E-state index in [1.54, 1.807) is 6.92 Å². The minimum absolute atomic E-state index is 0.0303. The van der Waals surface area contributed by atoms with Crippen LogP contribution in [0.1, 0.15) is 5.56 Å². The van der Waals surface area contributed by atoms with E-state index in [2.05, 4.69) is 15.9 Å². The lowest BCUT2D eigenvalue weighted by Crippen LogP contribution is -2.46. The van der Waals surface area contributed by atoms with Gasteiger partial charge >= 0.3 is 0 Å². The molecule has 1 atom stereocenters. The highest BCUT2D eigenvalue weighted by molar-refractivity contribution is 9.09. The molecule has 0 bridgehead atoms. The van der Waals surface area contributed by atoms with Gasteiger partial charge < -0.3 is 4.74 Å². The number of alkyl halides is 1. The first-order valence-corrected chi connectivity index (χ1v) is 8.45. The maximum absolute atomic E-state index is 13.3. The van der Waals surface area contributed by atoms with Crippen molar-refractivity contribution in [3.8, 4) is 0 Å². The normalized spacial score (nSPS) is 21.5. The number of morpholine rings is 1. The summed E-state index contributed by atoms with van der Waals surface area (Å²) < 4.78 is 45.1. The minimum atomic E-state index is -3.67. The summed E-state index contributed by atoms with van der Waals surface area (Å²) in [5.41, 5.74) is 0.545. The van der Waals surface area contributed by atoms with Gasteiger partial charge in [0.15, 0.2) is 0 Å². The second kappa shape index (κ2) is 5.87. The van der Waals surface area contributed by atoms with Gasteiger partial charge in [-0.2, -0.15) is 4.31 Å². The molecule has 106 valence electrons. The maximum atomic E-state index is 13.3. The Morgan fingerprint density at radius 1 is 1.53 bits per heavy atom. The molecular formula is C12H15BrFNO3S. The van der Waals surface area contributed by atoms with Gasteiger partial charge in [-0.3, -0.25) is 0 Å². The monoisotopic (exact) mass is 351 g/mol. The Morgan fingerprint density at radius 3 is 2.95 bits per heavy atom. The van der Waals surface area contributed by atoms with Gasteiger partial charge in [0.05, 0.1) is 17.6 Å². The summed E-state index contributed by atoms with van der Waals surface area (Å²) in [4.78, 5) is 0.0303. The molecule has 7 heteroatoms. The average molecular weight is 352 g/mol. The molecular weight excluding hydrogens is 337 g/mol. The number of aryl methyl sites for hydroxylation is 1. The number of hydrogen-bond donors (Lipinski definition) is 0. The van der Waals surface area contributed by atoms with E-state index in [1.165, 1.54) is 16.4 Å². The fourth-order valence-corrected chi connectivity index (χ4v) is 4.08. The lowest BCUT2D eigenvalue weighted by atomic mass is 10.2. The quantitative estimate of drug-likeness (QED) is 0.781. The predicted molar refractivity (Wildman–Crippen MR) is 73.4 cm³/mol. The largest absolute Gasteiger partial charge is 0.375 e. The first kappa shape index (κ1) is 14.9. The zero-order valence-corrected chi connectivity index (χ0v) is 12.9. The maximum Gasteiger partial charge on any atom is 0.243 e. The van der Waals surface area contributed by atoms with Gasteiger partial charge in [0.25, 0.3) is 0 Å². The topological polar surface area (TPSA) is 46.6 Å². The van der Waals surface area contributed by atoms with E-state index in [1.807, 2.05) is 0 Å². The summed E-state index contributed by atoms with van der Waals surface area (Å²) in [6.45, 7) is 2.59. The lowest BCUT2D eigenvalue weighted by Gasteiger charge is -2.31. The van der Waals surface area contributed by atoms with E-state index in [9.17, 15) is 12.8 Å².